The first kappa shape index (κ1) is 12.7. The molecular weight excluding hydrogens is 202 g/mol. The van der Waals surface area contributed by atoms with Crippen LogP contribution in [0.4, 0.5) is 11.6 Å². The lowest BCUT2D eigenvalue weighted by Gasteiger charge is -2.26. The SMILES string of the molecule is CCCC(C)(C)Nc1cc(NN)nc(C)n1. The van der Waals surface area contributed by atoms with E-state index in [-0.39, 0.29) is 5.54 Å². The van der Waals surface area contributed by atoms with E-state index in [9.17, 15) is 0 Å². The molecule has 5 heteroatoms. The Balaban J connectivity index is 2.84. The van der Waals surface area contributed by atoms with Crippen molar-refractivity contribution in [2.24, 2.45) is 5.84 Å². The molecule has 0 fully saturated rings. The summed E-state index contributed by atoms with van der Waals surface area (Å²) in [6.45, 7) is 8.33. The van der Waals surface area contributed by atoms with Gasteiger partial charge in [-0.1, -0.05) is 13.3 Å². The van der Waals surface area contributed by atoms with Crippen molar-refractivity contribution in [2.45, 2.75) is 46.1 Å². The van der Waals surface area contributed by atoms with Crippen LogP contribution in [-0.4, -0.2) is 15.5 Å². The maximum atomic E-state index is 5.34. The van der Waals surface area contributed by atoms with Crippen LogP contribution in [0.1, 0.15) is 39.4 Å². The molecule has 0 amide bonds. The van der Waals surface area contributed by atoms with Crippen LogP contribution in [0.25, 0.3) is 0 Å². The molecule has 1 aromatic rings. The summed E-state index contributed by atoms with van der Waals surface area (Å²) >= 11 is 0. The molecule has 0 aromatic carbocycles. The zero-order valence-electron chi connectivity index (χ0n) is 10.5. The van der Waals surface area contributed by atoms with Crippen molar-refractivity contribution in [3.8, 4) is 0 Å². The molecule has 0 aliphatic heterocycles. The highest BCUT2D eigenvalue weighted by Gasteiger charge is 2.17. The highest BCUT2D eigenvalue weighted by Crippen LogP contribution is 2.19. The van der Waals surface area contributed by atoms with Gasteiger partial charge in [-0.3, -0.25) is 0 Å². The Kier molecular flexibility index (Phi) is 4.06. The summed E-state index contributed by atoms with van der Waals surface area (Å²) in [5, 5.41) is 3.39. The average Bonchev–Trinajstić information content (AvgIpc) is 2.15. The van der Waals surface area contributed by atoms with E-state index in [0.29, 0.717) is 11.6 Å². The normalized spacial score (nSPS) is 11.3. The topological polar surface area (TPSA) is 75.9 Å². The van der Waals surface area contributed by atoms with Gasteiger partial charge in [-0.25, -0.2) is 15.8 Å². The fraction of sp³-hybridized carbons (Fsp3) is 0.636. The fourth-order valence-corrected chi connectivity index (χ4v) is 1.74. The molecule has 1 heterocycles. The molecule has 16 heavy (non-hydrogen) atoms. The molecule has 1 rings (SSSR count). The standard InChI is InChI=1S/C11H21N5/c1-5-6-11(3,4)15-9-7-10(16-12)14-8(2)13-9/h7H,5-6,12H2,1-4H3,(H2,13,14,15,16). The Morgan fingerprint density at radius 1 is 1.31 bits per heavy atom. The minimum atomic E-state index is 0.0292. The monoisotopic (exact) mass is 223 g/mol. The smallest absolute Gasteiger partial charge is 0.145 e. The number of rotatable bonds is 5. The van der Waals surface area contributed by atoms with E-state index in [1.54, 1.807) is 0 Å². The van der Waals surface area contributed by atoms with Gasteiger partial charge in [-0.05, 0) is 27.2 Å². The van der Waals surface area contributed by atoms with Crippen molar-refractivity contribution in [2.75, 3.05) is 10.7 Å². The van der Waals surface area contributed by atoms with Gasteiger partial charge in [0.05, 0.1) is 0 Å². The van der Waals surface area contributed by atoms with Gasteiger partial charge < -0.3 is 10.7 Å². The highest BCUT2D eigenvalue weighted by atomic mass is 15.3. The molecular formula is C11H21N5. The van der Waals surface area contributed by atoms with Gasteiger partial charge in [0.1, 0.15) is 17.5 Å². The van der Waals surface area contributed by atoms with Crippen LogP contribution < -0.4 is 16.6 Å². The van der Waals surface area contributed by atoms with Crippen molar-refractivity contribution in [3.63, 3.8) is 0 Å². The molecule has 5 nitrogen and oxygen atoms in total. The molecule has 0 bridgehead atoms. The molecule has 0 saturated heterocycles. The fourth-order valence-electron chi connectivity index (χ4n) is 1.74. The summed E-state index contributed by atoms with van der Waals surface area (Å²) in [5.41, 5.74) is 2.56. The number of aromatic nitrogens is 2. The van der Waals surface area contributed by atoms with Crippen LogP contribution in [0, 0.1) is 6.92 Å². The van der Waals surface area contributed by atoms with Crippen molar-refractivity contribution < 1.29 is 0 Å². The predicted molar refractivity (Wildman–Crippen MR) is 67.2 cm³/mol. The Morgan fingerprint density at radius 2 is 1.94 bits per heavy atom. The third-order valence-corrected chi connectivity index (χ3v) is 2.33. The van der Waals surface area contributed by atoms with E-state index in [0.717, 1.165) is 18.7 Å². The minimum absolute atomic E-state index is 0.0292. The molecule has 0 unspecified atom stereocenters. The van der Waals surface area contributed by atoms with Crippen LogP contribution in [0.2, 0.25) is 0 Å². The van der Waals surface area contributed by atoms with E-state index in [2.05, 4.69) is 41.5 Å². The third-order valence-electron chi connectivity index (χ3n) is 2.33. The molecule has 0 atom stereocenters. The second kappa shape index (κ2) is 5.12. The summed E-state index contributed by atoms with van der Waals surface area (Å²) in [7, 11) is 0. The predicted octanol–water partition coefficient (Wildman–Crippen LogP) is 2.06. The van der Waals surface area contributed by atoms with Gasteiger partial charge in [0, 0.05) is 11.6 Å². The number of aryl methyl sites for hydroxylation is 1. The Labute approximate surface area is 96.8 Å². The van der Waals surface area contributed by atoms with Crippen LogP contribution in [0.5, 0.6) is 0 Å². The molecule has 0 saturated carbocycles. The number of hydrazine groups is 1. The Hall–Kier alpha value is -1.36. The van der Waals surface area contributed by atoms with Gasteiger partial charge >= 0.3 is 0 Å². The minimum Gasteiger partial charge on any atom is -0.365 e. The van der Waals surface area contributed by atoms with Gasteiger partial charge in [0.25, 0.3) is 0 Å². The number of anilines is 2. The van der Waals surface area contributed by atoms with Crippen molar-refractivity contribution in [1.82, 2.24) is 9.97 Å². The van der Waals surface area contributed by atoms with E-state index >= 15 is 0 Å². The van der Waals surface area contributed by atoms with Gasteiger partial charge in [0.2, 0.25) is 0 Å². The zero-order valence-corrected chi connectivity index (χ0v) is 10.5. The summed E-state index contributed by atoms with van der Waals surface area (Å²) in [5.74, 6) is 7.47. The summed E-state index contributed by atoms with van der Waals surface area (Å²) < 4.78 is 0. The first-order valence-corrected chi connectivity index (χ1v) is 5.57. The maximum Gasteiger partial charge on any atom is 0.145 e. The average molecular weight is 223 g/mol. The molecule has 0 radical (unpaired) electrons. The Bertz CT molecular complexity index is 348. The number of nitrogens with one attached hydrogen (secondary N) is 2. The lowest BCUT2D eigenvalue weighted by molar-refractivity contribution is 0.509. The molecule has 0 aliphatic carbocycles. The van der Waals surface area contributed by atoms with Crippen LogP contribution >= 0.6 is 0 Å². The highest BCUT2D eigenvalue weighted by molar-refractivity contribution is 5.48. The Morgan fingerprint density at radius 3 is 2.50 bits per heavy atom. The second-order valence-electron chi connectivity index (χ2n) is 4.59. The van der Waals surface area contributed by atoms with Crippen LogP contribution in [-0.2, 0) is 0 Å². The van der Waals surface area contributed by atoms with Gasteiger partial charge in [0.15, 0.2) is 0 Å². The lowest BCUT2D eigenvalue weighted by atomic mass is 9.99. The molecule has 0 spiro atoms. The number of nitrogens with zero attached hydrogens (tertiary/aromatic N) is 2. The van der Waals surface area contributed by atoms with E-state index in [1.807, 2.05) is 13.0 Å². The molecule has 1 aromatic heterocycles. The van der Waals surface area contributed by atoms with Crippen molar-refractivity contribution >= 4 is 11.6 Å². The quantitative estimate of drug-likeness (QED) is 0.526. The largest absolute Gasteiger partial charge is 0.365 e. The zero-order chi connectivity index (χ0) is 12.2. The van der Waals surface area contributed by atoms with E-state index in [1.165, 1.54) is 0 Å². The maximum absolute atomic E-state index is 5.34. The number of hydrogen-bond donors (Lipinski definition) is 3. The van der Waals surface area contributed by atoms with Crippen molar-refractivity contribution in [3.05, 3.63) is 11.9 Å². The van der Waals surface area contributed by atoms with Gasteiger partial charge in [-0.15, -0.1) is 0 Å². The summed E-state index contributed by atoms with van der Waals surface area (Å²) in [6, 6.07) is 1.81. The number of nitrogens with two attached hydrogens (primary N) is 1. The molecule has 0 aliphatic rings. The molecule has 90 valence electrons. The first-order chi connectivity index (χ1) is 7.46. The van der Waals surface area contributed by atoms with E-state index in [4.69, 9.17) is 5.84 Å². The van der Waals surface area contributed by atoms with Crippen LogP contribution in [0.15, 0.2) is 6.07 Å². The van der Waals surface area contributed by atoms with Crippen LogP contribution in [0.3, 0.4) is 0 Å². The molecule has 4 N–H and O–H groups in total. The van der Waals surface area contributed by atoms with E-state index < -0.39 is 0 Å². The first-order valence-electron chi connectivity index (χ1n) is 5.57. The summed E-state index contributed by atoms with van der Waals surface area (Å²) in [6.07, 6.45) is 2.22. The second-order valence-corrected chi connectivity index (χ2v) is 4.59. The number of nitrogen functional groups attached to an aromatic ring is 1. The van der Waals surface area contributed by atoms with Crippen molar-refractivity contribution in [1.29, 1.82) is 0 Å². The summed E-state index contributed by atoms with van der Waals surface area (Å²) in [4.78, 5) is 8.47. The number of hydrogen-bond acceptors (Lipinski definition) is 5. The van der Waals surface area contributed by atoms with Gasteiger partial charge in [-0.2, -0.15) is 0 Å². The lowest BCUT2D eigenvalue weighted by Crippen LogP contribution is -2.31. The third kappa shape index (κ3) is 3.66.